The summed E-state index contributed by atoms with van der Waals surface area (Å²) in [5, 5.41) is 3.71. The predicted molar refractivity (Wildman–Crippen MR) is 76.4 cm³/mol. The van der Waals surface area contributed by atoms with Gasteiger partial charge in [0.25, 0.3) is 0 Å². The van der Waals surface area contributed by atoms with Crippen LogP contribution in [0.1, 0.15) is 60.8 Å². The maximum atomic E-state index is 3.71. The lowest BCUT2D eigenvalue weighted by atomic mass is 9.88. The maximum absolute atomic E-state index is 3.71. The van der Waals surface area contributed by atoms with E-state index in [1.54, 1.807) is 0 Å². The SMILES string of the molecule is CCC(CC)C(C)N1CC(C)(CC)NCC1C. The van der Waals surface area contributed by atoms with Crippen LogP contribution in [-0.2, 0) is 0 Å². The van der Waals surface area contributed by atoms with Gasteiger partial charge in [0.15, 0.2) is 0 Å². The molecular formula is C15H32N2. The summed E-state index contributed by atoms with van der Waals surface area (Å²) in [7, 11) is 0. The normalized spacial score (nSPS) is 33.0. The summed E-state index contributed by atoms with van der Waals surface area (Å²) < 4.78 is 0. The first kappa shape index (κ1) is 15.0. The van der Waals surface area contributed by atoms with E-state index in [1.807, 2.05) is 0 Å². The summed E-state index contributed by atoms with van der Waals surface area (Å²) in [5.41, 5.74) is 0.312. The predicted octanol–water partition coefficient (Wildman–Crippen LogP) is 3.27. The van der Waals surface area contributed by atoms with Gasteiger partial charge in [-0.15, -0.1) is 0 Å². The number of hydrogen-bond acceptors (Lipinski definition) is 2. The van der Waals surface area contributed by atoms with E-state index in [0.717, 1.165) is 12.5 Å². The van der Waals surface area contributed by atoms with Gasteiger partial charge in [-0.3, -0.25) is 4.90 Å². The average molecular weight is 240 g/mol. The first-order valence-electron chi connectivity index (χ1n) is 7.48. The smallest absolute Gasteiger partial charge is 0.0278 e. The standard InChI is InChI=1S/C15H32N2/c1-7-14(8-2)13(5)17-11-15(6,9-3)16-10-12(17)4/h12-14,16H,7-11H2,1-6H3. The van der Waals surface area contributed by atoms with Crippen molar-refractivity contribution in [1.29, 1.82) is 0 Å². The van der Waals surface area contributed by atoms with Crippen molar-refractivity contribution in [3.8, 4) is 0 Å². The van der Waals surface area contributed by atoms with E-state index in [2.05, 4.69) is 51.8 Å². The van der Waals surface area contributed by atoms with Crippen molar-refractivity contribution in [2.45, 2.75) is 78.4 Å². The molecule has 1 aliphatic rings. The highest BCUT2D eigenvalue weighted by Gasteiger charge is 2.36. The van der Waals surface area contributed by atoms with Gasteiger partial charge in [-0.2, -0.15) is 0 Å². The Morgan fingerprint density at radius 3 is 2.35 bits per heavy atom. The molecule has 0 aromatic carbocycles. The molecule has 3 unspecified atom stereocenters. The minimum absolute atomic E-state index is 0.312. The number of nitrogens with zero attached hydrogens (tertiary/aromatic N) is 1. The van der Waals surface area contributed by atoms with Crippen molar-refractivity contribution in [2.75, 3.05) is 13.1 Å². The summed E-state index contributed by atoms with van der Waals surface area (Å²) in [6.07, 6.45) is 3.82. The van der Waals surface area contributed by atoms with Crippen LogP contribution in [0.5, 0.6) is 0 Å². The van der Waals surface area contributed by atoms with E-state index in [0.29, 0.717) is 17.6 Å². The Labute approximate surface area is 108 Å². The van der Waals surface area contributed by atoms with Crippen LogP contribution in [0.2, 0.25) is 0 Å². The van der Waals surface area contributed by atoms with Gasteiger partial charge in [0, 0.05) is 30.7 Å². The van der Waals surface area contributed by atoms with Crippen LogP contribution in [0.4, 0.5) is 0 Å². The van der Waals surface area contributed by atoms with Crippen molar-refractivity contribution in [1.82, 2.24) is 10.2 Å². The van der Waals surface area contributed by atoms with Crippen LogP contribution >= 0.6 is 0 Å². The fourth-order valence-corrected chi connectivity index (χ4v) is 3.15. The van der Waals surface area contributed by atoms with Crippen molar-refractivity contribution in [3.05, 3.63) is 0 Å². The molecule has 1 N–H and O–H groups in total. The molecule has 1 aliphatic heterocycles. The van der Waals surface area contributed by atoms with Gasteiger partial charge in [0.2, 0.25) is 0 Å². The molecule has 0 radical (unpaired) electrons. The summed E-state index contributed by atoms with van der Waals surface area (Å²) in [4.78, 5) is 2.73. The van der Waals surface area contributed by atoms with Crippen LogP contribution in [0.3, 0.4) is 0 Å². The van der Waals surface area contributed by atoms with Crippen LogP contribution < -0.4 is 5.32 Å². The highest BCUT2D eigenvalue weighted by molar-refractivity contribution is 4.95. The Bertz CT molecular complexity index is 225. The molecule has 2 nitrogen and oxygen atoms in total. The highest BCUT2D eigenvalue weighted by Crippen LogP contribution is 2.26. The van der Waals surface area contributed by atoms with Crippen LogP contribution in [0, 0.1) is 5.92 Å². The zero-order valence-corrected chi connectivity index (χ0v) is 12.7. The minimum atomic E-state index is 0.312. The lowest BCUT2D eigenvalue weighted by Gasteiger charge is -2.49. The van der Waals surface area contributed by atoms with Crippen LogP contribution in [-0.4, -0.2) is 35.6 Å². The van der Waals surface area contributed by atoms with E-state index in [9.17, 15) is 0 Å². The third-order valence-electron chi connectivity index (χ3n) is 4.96. The molecule has 0 amide bonds. The molecule has 0 aromatic rings. The number of hydrogen-bond donors (Lipinski definition) is 1. The molecule has 1 heterocycles. The van der Waals surface area contributed by atoms with Gasteiger partial charge in [0.1, 0.15) is 0 Å². The van der Waals surface area contributed by atoms with Crippen LogP contribution in [0.15, 0.2) is 0 Å². The van der Waals surface area contributed by atoms with E-state index in [-0.39, 0.29) is 0 Å². The third-order valence-corrected chi connectivity index (χ3v) is 4.96. The maximum Gasteiger partial charge on any atom is 0.0278 e. The van der Waals surface area contributed by atoms with Gasteiger partial charge in [-0.1, -0.05) is 33.6 Å². The molecule has 17 heavy (non-hydrogen) atoms. The lowest BCUT2D eigenvalue weighted by molar-refractivity contribution is 0.0346. The molecule has 1 rings (SSSR count). The number of rotatable bonds is 5. The Hall–Kier alpha value is -0.0800. The molecule has 2 heteroatoms. The van der Waals surface area contributed by atoms with Crippen molar-refractivity contribution >= 4 is 0 Å². The molecule has 1 saturated heterocycles. The zero-order chi connectivity index (χ0) is 13.1. The first-order chi connectivity index (χ1) is 7.97. The fraction of sp³-hybridized carbons (Fsp3) is 1.00. The van der Waals surface area contributed by atoms with Gasteiger partial charge in [-0.25, -0.2) is 0 Å². The Balaban J connectivity index is 2.72. The fourth-order valence-electron chi connectivity index (χ4n) is 3.15. The van der Waals surface area contributed by atoms with E-state index >= 15 is 0 Å². The Morgan fingerprint density at radius 2 is 1.88 bits per heavy atom. The summed E-state index contributed by atoms with van der Waals surface area (Å²) in [6, 6.07) is 1.39. The van der Waals surface area contributed by atoms with Crippen molar-refractivity contribution in [3.63, 3.8) is 0 Å². The summed E-state index contributed by atoms with van der Waals surface area (Å²) >= 11 is 0. The second kappa shape index (κ2) is 6.19. The quantitative estimate of drug-likeness (QED) is 0.793. The molecular weight excluding hydrogens is 208 g/mol. The van der Waals surface area contributed by atoms with Crippen molar-refractivity contribution < 1.29 is 0 Å². The zero-order valence-electron chi connectivity index (χ0n) is 12.7. The van der Waals surface area contributed by atoms with Gasteiger partial charge in [-0.05, 0) is 33.1 Å². The topological polar surface area (TPSA) is 15.3 Å². The molecule has 0 saturated carbocycles. The second-order valence-electron chi connectivity index (χ2n) is 6.13. The number of piperazine rings is 1. The van der Waals surface area contributed by atoms with Gasteiger partial charge < -0.3 is 5.32 Å². The minimum Gasteiger partial charge on any atom is -0.309 e. The molecule has 0 bridgehead atoms. The summed E-state index contributed by atoms with van der Waals surface area (Å²) in [5.74, 6) is 0.844. The Kier molecular flexibility index (Phi) is 5.46. The molecule has 3 atom stereocenters. The molecule has 0 aliphatic carbocycles. The first-order valence-corrected chi connectivity index (χ1v) is 7.48. The van der Waals surface area contributed by atoms with Gasteiger partial charge in [0.05, 0.1) is 0 Å². The molecule has 102 valence electrons. The Morgan fingerprint density at radius 1 is 1.29 bits per heavy atom. The summed E-state index contributed by atoms with van der Waals surface area (Å²) in [6.45, 7) is 16.4. The molecule has 1 fully saturated rings. The highest BCUT2D eigenvalue weighted by atomic mass is 15.3. The van der Waals surface area contributed by atoms with E-state index in [1.165, 1.54) is 25.8 Å². The van der Waals surface area contributed by atoms with Crippen LogP contribution in [0.25, 0.3) is 0 Å². The lowest BCUT2D eigenvalue weighted by Crippen LogP contribution is -2.64. The number of nitrogens with one attached hydrogen (secondary N) is 1. The van der Waals surface area contributed by atoms with Gasteiger partial charge >= 0.3 is 0 Å². The average Bonchev–Trinajstić information content (AvgIpc) is 2.34. The monoisotopic (exact) mass is 240 g/mol. The second-order valence-corrected chi connectivity index (χ2v) is 6.13. The van der Waals surface area contributed by atoms with E-state index in [4.69, 9.17) is 0 Å². The third kappa shape index (κ3) is 3.45. The largest absolute Gasteiger partial charge is 0.309 e. The molecule has 0 spiro atoms. The van der Waals surface area contributed by atoms with E-state index < -0.39 is 0 Å². The van der Waals surface area contributed by atoms with Crippen molar-refractivity contribution in [2.24, 2.45) is 5.92 Å². The molecule has 0 aromatic heterocycles.